The normalized spacial score (nSPS) is 39.8. The van der Waals surface area contributed by atoms with Crippen LogP contribution in [0, 0.1) is 22.7 Å². The lowest BCUT2D eigenvalue weighted by Crippen LogP contribution is -2.52. The quantitative estimate of drug-likeness (QED) is 0.553. The van der Waals surface area contributed by atoms with E-state index in [1.54, 1.807) is 0 Å². The highest BCUT2D eigenvalue weighted by Gasteiger charge is 2.54. The van der Waals surface area contributed by atoms with Crippen LogP contribution in [0.3, 0.4) is 0 Å². The maximum Gasteiger partial charge on any atom is 0.0753 e. The second-order valence-corrected chi connectivity index (χ2v) is 8.17. The smallest absolute Gasteiger partial charge is 0.0753 e. The van der Waals surface area contributed by atoms with Gasteiger partial charge in [-0.05, 0) is 60.8 Å². The molecule has 1 heteroatoms. The van der Waals surface area contributed by atoms with Gasteiger partial charge in [-0.3, -0.25) is 0 Å². The largest absolute Gasteiger partial charge is 0.389 e. The molecule has 2 aliphatic rings. The van der Waals surface area contributed by atoms with Crippen molar-refractivity contribution in [1.82, 2.24) is 0 Å². The Bertz CT molecular complexity index is 456. The van der Waals surface area contributed by atoms with Crippen LogP contribution in [0.4, 0.5) is 0 Å². The molecule has 0 aromatic heterocycles. The Morgan fingerprint density at radius 3 is 2.62 bits per heavy atom. The van der Waals surface area contributed by atoms with Gasteiger partial charge >= 0.3 is 0 Å². The molecule has 0 heterocycles. The van der Waals surface area contributed by atoms with Gasteiger partial charge < -0.3 is 5.11 Å². The van der Waals surface area contributed by atoms with Gasteiger partial charge in [0.05, 0.1) is 6.10 Å². The van der Waals surface area contributed by atoms with Crippen LogP contribution in [0.1, 0.15) is 59.8 Å². The highest BCUT2D eigenvalue weighted by atomic mass is 16.3. The van der Waals surface area contributed by atoms with Gasteiger partial charge in [0.15, 0.2) is 0 Å². The van der Waals surface area contributed by atoms with Gasteiger partial charge in [-0.2, -0.15) is 0 Å². The number of rotatable bonds is 3. The van der Waals surface area contributed by atoms with E-state index in [0.717, 1.165) is 18.4 Å². The van der Waals surface area contributed by atoms with E-state index in [9.17, 15) is 5.11 Å². The van der Waals surface area contributed by atoms with Crippen molar-refractivity contribution < 1.29 is 5.11 Å². The topological polar surface area (TPSA) is 20.2 Å². The number of allylic oxidation sites excluding steroid dienone is 3. The van der Waals surface area contributed by atoms with E-state index in [0.29, 0.717) is 17.3 Å². The summed E-state index contributed by atoms with van der Waals surface area (Å²) in [4.78, 5) is 0. The summed E-state index contributed by atoms with van der Waals surface area (Å²) >= 11 is 0. The molecule has 21 heavy (non-hydrogen) atoms. The van der Waals surface area contributed by atoms with E-state index in [1.165, 1.54) is 24.8 Å². The van der Waals surface area contributed by atoms with Gasteiger partial charge in [0, 0.05) is 0 Å². The van der Waals surface area contributed by atoms with Crippen LogP contribution in [-0.2, 0) is 0 Å². The van der Waals surface area contributed by atoms with Gasteiger partial charge in [0.1, 0.15) is 0 Å². The number of hydrogen-bond donors (Lipinski definition) is 1. The summed E-state index contributed by atoms with van der Waals surface area (Å²) in [6.45, 7) is 17.4. The van der Waals surface area contributed by atoms with Crippen LogP contribution in [-0.4, -0.2) is 11.2 Å². The molecule has 4 atom stereocenters. The molecule has 1 N–H and O–H groups in total. The molecule has 0 aliphatic heterocycles. The molecule has 0 radical (unpaired) electrons. The Kier molecular flexibility index (Phi) is 4.54. The Morgan fingerprint density at radius 1 is 1.33 bits per heavy atom. The lowest BCUT2D eigenvalue weighted by Gasteiger charge is -2.59. The minimum absolute atomic E-state index is 0.274. The molecule has 2 aliphatic carbocycles. The molecule has 0 saturated heterocycles. The first kappa shape index (κ1) is 16.5. The zero-order chi connectivity index (χ0) is 15.8. The summed E-state index contributed by atoms with van der Waals surface area (Å²) in [5, 5.41) is 10.5. The lowest BCUT2D eigenvalue weighted by atomic mass is 9.46. The first-order chi connectivity index (χ1) is 9.72. The van der Waals surface area contributed by atoms with Crippen molar-refractivity contribution in [2.75, 3.05) is 0 Å². The number of aliphatic hydroxyl groups is 1. The lowest BCUT2D eigenvalue weighted by molar-refractivity contribution is -0.0809. The van der Waals surface area contributed by atoms with Crippen LogP contribution in [0.15, 0.2) is 36.5 Å². The second kappa shape index (κ2) is 5.76. The predicted molar refractivity (Wildman–Crippen MR) is 91.1 cm³/mol. The van der Waals surface area contributed by atoms with Crippen LogP contribution < -0.4 is 0 Å². The zero-order valence-electron chi connectivity index (χ0n) is 14.3. The van der Waals surface area contributed by atoms with E-state index >= 15 is 0 Å². The fourth-order valence-electron chi connectivity index (χ4n) is 5.01. The SMILES string of the molecule is C=CC(C)=CCC1C(=C)C(O)CC2C(C)(C)CCCC12C. The molecular formula is C20H32O. The first-order valence-corrected chi connectivity index (χ1v) is 8.38. The minimum atomic E-state index is -0.331. The van der Waals surface area contributed by atoms with Crippen molar-refractivity contribution in [1.29, 1.82) is 0 Å². The maximum atomic E-state index is 10.5. The molecule has 1 nitrogen and oxygen atoms in total. The van der Waals surface area contributed by atoms with Gasteiger partial charge in [-0.15, -0.1) is 0 Å². The van der Waals surface area contributed by atoms with Gasteiger partial charge in [-0.1, -0.05) is 58.1 Å². The van der Waals surface area contributed by atoms with Crippen molar-refractivity contribution in [2.24, 2.45) is 22.7 Å². The standard InChI is InChI=1S/C20H32O/c1-7-14(2)9-10-16-15(3)17(21)13-18-19(4,5)11-8-12-20(16,18)6/h7,9,16-18,21H,1,3,8,10-13H2,2,4-6H3. The molecule has 2 saturated carbocycles. The Labute approximate surface area is 130 Å². The molecule has 0 aromatic carbocycles. The van der Waals surface area contributed by atoms with Crippen LogP contribution in [0.2, 0.25) is 0 Å². The van der Waals surface area contributed by atoms with E-state index < -0.39 is 0 Å². The highest BCUT2D eigenvalue weighted by Crippen LogP contribution is 2.61. The molecule has 0 bridgehead atoms. The van der Waals surface area contributed by atoms with Crippen molar-refractivity contribution in [2.45, 2.75) is 65.9 Å². The van der Waals surface area contributed by atoms with Crippen LogP contribution in [0.5, 0.6) is 0 Å². The van der Waals surface area contributed by atoms with Crippen molar-refractivity contribution >= 4 is 0 Å². The van der Waals surface area contributed by atoms with Crippen molar-refractivity contribution in [3.05, 3.63) is 36.5 Å². The van der Waals surface area contributed by atoms with E-state index in [1.807, 2.05) is 6.08 Å². The first-order valence-electron chi connectivity index (χ1n) is 8.38. The highest BCUT2D eigenvalue weighted by molar-refractivity contribution is 5.23. The molecule has 4 unspecified atom stereocenters. The number of hydrogen-bond acceptors (Lipinski definition) is 1. The summed E-state index contributed by atoms with van der Waals surface area (Å²) in [5.41, 5.74) is 2.87. The Morgan fingerprint density at radius 2 is 2.00 bits per heavy atom. The van der Waals surface area contributed by atoms with Crippen molar-refractivity contribution in [3.8, 4) is 0 Å². The van der Waals surface area contributed by atoms with Crippen molar-refractivity contribution in [3.63, 3.8) is 0 Å². The third-order valence-electron chi connectivity index (χ3n) is 6.40. The van der Waals surface area contributed by atoms with Gasteiger partial charge in [0.2, 0.25) is 0 Å². The summed E-state index contributed by atoms with van der Waals surface area (Å²) in [6, 6.07) is 0. The van der Waals surface area contributed by atoms with Gasteiger partial charge in [-0.25, -0.2) is 0 Å². The Hall–Kier alpha value is -0.820. The predicted octanol–water partition coefficient (Wildman–Crippen LogP) is 5.28. The van der Waals surface area contributed by atoms with Crippen LogP contribution in [0.25, 0.3) is 0 Å². The van der Waals surface area contributed by atoms with Gasteiger partial charge in [0.25, 0.3) is 0 Å². The molecule has 0 aromatic rings. The third-order valence-corrected chi connectivity index (χ3v) is 6.40. The number of aliphatic hydroxyl groups excluding tert-OH is 1. The molecule has 118 valence electrons. The van der Waals surface area contributed by atoms with E-state index in [-0.39, 0.29) is 11.5 Å². The van der Waals surface area contributed by atoms with E-state index in [2.05, 4.69) is 46.9 Å². The minimum Gasteiger partial charge on any atom is -0.389 e. The summed E-state index contributed by atoms with van der Waals surface area (Å²) in [7, 11) is 0. The molecule has 2 rings (SSSR count). The van der Waals surface area contributed by atoms with E-state index in [4.69, 9.17) is 0 Å². The maximum absolute atomic E-state index is 10.5. The van der Waals surface area contributed by atoms with Crippen LogP contribution >= 0.6 is 0 Å². The zero-order valence-corrected chi connectivity index (χ0v) is 14.3. The average molecular weight is 288 g/mol. The summed E-state index contributed by atoms with van der Waals surface area (Å²) in [6.07, 6.45) is 9.56. The molecule has 2 fully saturated rings. The second-order valence-electron chi connectivity index (χ2n) is 8.17. The fraction of sp³-hybridized carbons (Fsp3) is 0.700. The third kappa shape index (κ3) is 2.90. The molecule has 0 amide bonds. The Balaban J connectivity index is 2.35. The summed E-state index contributed by atoms with van der Waals surface area (Å²) < 4.78 is 0. The number of fused-ring (bicyclic) bond motifs is 1. The fourth-order valence-corrected chi connectivity index (χ4v) is 5.01. The molecular weight excluding hydrogens is 256 g/mol. The average Bonchev–Trinajstić information content (AvgIpc) is 2.41. The molecule has 0 spiro atoms. The summed E-state index contributed by atoms with van der Waals surface area (Å²) in [5.74, 6) is 0.974. The monoisotopic (exact) mass is 288 g/mol.